The molecule has 0 saturated heterocycles. The fourth-order valence-electron chi connectivity index (χ4n) is 3.77. The summed E-state index contributed by atoms with van der Waals surface area (Å²) in [5.41, 5.74) is 3.00. The Kier molecular flexibility index (Phi) is 5.34. The van der Waals surface area contributed by atoms with Crippen LogP contribution in [0.2, 0.25) is 0 Å². The number of carboxylic acid groups (broad SMARTS) is 1. The van der Waals surface area contributed by atoms with Crippen molar-refractivity contribution >= 4 is 29.2 Å². The summed E-state index contributed by atoms with van der Waals surface area (Å²) in [6.45, 7) is 0. The van der Waals surface area contributed by atoms with E-state index in [1.165, 1.54) is 36.6 Å². The van der Waals surface area contributed by atoms with Crippen molar-refractivity contribution in [3.05, 3.63) is 62.9 Å². The van der Waals surface area contributed by atoms with Crippen LogP contribution in [-0.2, 0) is 7.05 Å². The van der Waals surface area contributed by atoms with Crippen molar-refractivity contribution in [3.8, 4) is 0 Å². The van der Waals surface area contributed by atoms with E-state index in [0.29, 0.717) is 16.3 Å². The normalized spacial score (nSPS) is 20.0. The Morgan fingerprint density at radius 3 is 2.15 bits per heavy atom. The number of hydrogen-bond donors (Lipinski definition) is 1. The summed E-state index contributed by atoms with van der Waals surface area (Å²) in [4.78, 5) is 10.4. The maximum Gasteiger partial charge on any atom is 0.339 e. The molecule has 2 bridgehead atoms. The second-order valence-corrected chi connectivity index (χ2v) is 7.18. The van der Waals surface area contributed by atoms with Crippen LogP contribution in [-0.4, -0.2) is 20.9 Å². The zero-order valence-corrected chi connectivity index (χ0v) is 15.3. The fourth-order valence-corrected chi connectivity index (χ4v) is 4.30. The van der Waals surface area contributed by atoms with Gasteiger partial charge in [0.1, 0.15) is 15.7 Å². The van der Waals surface area contributed by atoms with Crippen LogP contribution >= 0.6 is 23.2 Å². The van der Waals surface area contributed by atoms with Gasteiger partial charge in [0.2, 0.25) is 0 Å². The second-order valence-electron chi connectivity index (χ2n) is 6.23. The predicted molar refractivity (Wildman–Crippen MR) is 95.0 cm³/mol. The molecule has 1 fully saturated rings. The number of nitrogens with zero attached hydrogens (tertiary/aromatic N) is 2. The summed E-state index contributed by atoms with van der Waals surface area (Å²) in [6.07, 6.45) is 0.612. The van der Waals surface area contributed by atoms with E-state index in [0.717, 1.165) is 10.9 Å². The minimum absolute atomic E-state index is 0.451. The molecule has 4 nitrogen and oxygen atoms in total. The highest BCUT2D eigenvalue weighted by molar-refractivity contribution is 6.56. The Balaban J connectivity index is 0.000000153. The third-order valence-corrected chi connectivity index (χ3v) is 5.19. The van der Waals surface area contributed by atoms with Crippen molar-refractivity contribution in [3.63, 3.8) is 0 Å². The van der Waals surface area contributed by atoms with E-state index in [4.69, 9.17) is 28.3 Å². The second kappa shape index (κ2) is 7.37. The highest BCUT2D eigenvalue weighted by Gasteiger charge is 2.42. The lowest BCUT2D eigenvalue weighted by Gasteiger charge is -2.12. The molecule has 1 N–H and O–H groups in total. The molecule has 0 spiro atoms. The molecule has 2 unspecified atom stereocenters. The van der Waals surface area contributed by atoms with Crippen molar-refractivity contribution in [2.24, 2.45) is 7.05 Å². The minimum atomic E-state index is -2.85. The highest BCUT2D eigenvalue weighted by atomic mass is 35.5. The van der Waals surface area contributed by atoms with Crippen molar-refractivity contribution in [1.29, 1.82) is 0 Å². The van der Waals surface area contributed by atoms with Crippen molar-refractivity contribution in [2.75, 3.05) is 0 Å². The average molecular weight is 401 g/mol. The summed E-state index contributed by atoms with van der Waals surface area (Å²) in [5.74, 6) is -0.388. The van der Waals surface area contributed by atoms with Gasteiger partial charge in [0.15, 0.2) is 0 Å². The molecule has 2 aromatic rings. The molecule has 2 atom stereocenters. The lowest BCUT2D eigenvalue weighted by molar-refractivity contribution is 0.0684. The summed E-state index contributed by atoms with van der Waals surface area (Å²) >= 11 is 11.9. The first-order valence-electron chi connectivity index (χ1n) is 8.00. The Morgan fingerprint density at radius 2 is 1.77 bits per heavy atom. The van der Waals surface area contributed by atoms with Crippen molar-refractivity contribution < 1.29 is 18.7 Å². The van der Waals surface area contributed by atoms with Crippen LogP contribution in [0.4, 0.5) is 8.78 Å². The molecule has 0 amide bonds. The number of alkyl halides is 2. The summed E-state index contributed by atoms with van der Waals surface area (Å²) < 4.78 is 25.7. The molecular formula is C18H16Cl2F2N2O2. The SMILES string of the molecule is ClC(Cl)=C1C2CCC1c1ccccc12.Cn1cc(C(=O)O)c(C(F)F)n1. The first-order valence-corrected chi connectivity index (χ1v) is 8.75. The molecule has 0 aliphatic heterocycles. The van der Waals surface area contributed by atoms with E-state index < -0.39 is 23.7 Å². The topological polar surface area (TPSA) is 55.1 Å². The number of hydrogen-bond acceptors (Lipinski definition) is 2. The monoisotopic (exact) mass is 400 g/mol. The summed E-state index contributed by atoms with van der Waals surface area (Å²) in [6, 6.07) is 8.60. The zero-order chi connectivity index (χ0) is 19.0. The van der Waals surface area contributed by atoms with Gasteiger partial charge in [-0.15, -0.1) is 0 Å². The van der Waals surface area contributed by atoms with Gasteiger partial charge in [0.25, 0.3) is 6.43 Å². The minimum Gasteiger partial charge on any atom is -0.478 e. The third kappa shape index (κ3) is 3.35. The molecule has 1 heterocycles. The van der Waals surface area contributed by atoms with E-state index in [1.807, 2.05) is 0 Å². The number of allylic oxidation sites excluding steroid dienone is 1. The lowest BCUT2D eigenvalue weighted by atomic mass is 9.92. The number of rotatable bonds is 2. The number of aryl methyl sites for hydroxylation is 1. The average Bonchev–Trinajstić information content (AvgIpc) is 3.27. The molecule has 2 aliphatic rings. The van der Waals surface area contributed by atoms with Gasteiger partial charge in [0.05, 0.1) is 0 Å². The van der Waals surface area contributed by atoms with Crippen molar-refractivity contribution in [2.45, 2.75) is 31.1 Å². The van der Waals surface area contributed by atoms with Crippen LogP contribution in [0.1, 0.15) is 58.3 Å². The van der Waals surface area contributed by atoms with Crippen LogP contribution in [0.5, 0.6) is 0 Å². The molecule has 138 valence electrons. The maximum absolute atomic E-state index is 12.1. The van der Waals surface area contributed by atoms with Gasteiger partial charge in [0, 0.05) is 25.1 Å². The summed E-state index contributed by atoms with van der Waals surface area (Å²) in [5, 5.41) is 11.8. The van der Waals surface area contributed by atoms with Crippen LogP contribution in [0, 0.1) is 0 Å². The zero-order valence-electron chi connectivity index (χ0n) is 13.8. The molecule has 1 aromatic carbocycles. The molecule has 0 radical (unpaired) electrons. The quantitative estimate of drug-likeness (QED) is 0.733. The van der Waals surface area contributed by atoms with Crippen LogP contribution in [0.15, 0.2) is 40.5 Å². The number of carboxylic acids is 1. The summed E-state index contributed by atoms with van der Waals surface area (Å²) in [7, 11) is 1.39. The number of fused-ring (bicyclic) bond motifs is 5. The van der Waals surface area contributed by atoms with Crippen LogP contribution in [0.25, 0.3) is 0 Å². The fraction of sp³-hybridized carbons (Fsp3) is 0.333. The standard InChI is InChI=1S/C12H10Cl2.C6H6F2N2O2/c13-12(14)11-9-5-6-10(11)8-4-2-1-3-7(8)9;1-10-2-3(6(11)12)4(9-10)5(7)8/h1-4,9-10H,5-6H2;2,5H,1H3,(H,11,12). The smallest absolute Gasteiger partial charge is 0.339 e. The predicted octanol–water partition coefficient (Wildman–Crippen LogP) is 5.41. The Hall–Kier alpha value is -1.92. The van der Waals surface area contributed by atoms with Gasteiger partial charge < -0.3 is 5.11 Å². The van der Waals surface area contributed by atoms with Gasteiger partial charge in [-0.05, 0) is 29.5 Å². The first kappa shape index (κ1) is 18.9. The van der Waals surface area contributed by atoms with E-state index in [2.05, 4.69) is 29.4 Å². The van der Waals surface area contributed by atoms with Gasteiger partial charge in [-0.25, -0.2) is 13.6 Å². The number of carbonyl (C=O) groups is 1. The van der Waals surface area contributed by atoms with Gasteiger partial charge in [-0.1, -0.05) is 47.5 Å². The molecule has 1 aromatic heterocycles. The highest BCUT2D eigenvalue weighted by Crippen LogP contribution is 2.58. The number of halogens is 4. The van der Waals surface area contributed by atoms with E-state index in [-0.39, 0.29) is 0 Å². The van der Waals surface area contributed by atoms with Gasteiger partial charge in [-0.3, -0.25) is 4.68 Å². The first-order chi connectivity index (χ1) is 12.3. The van der Waals surface area contributed by atoms with Crippen LogP contribution in [0.3, 0.4) is 0 Å². The Labute approximate surface area is 159 Å². The van der Waals surface area contributed by atoms with E-state index in [9.17, 15) is 13.6 Å². The molecule has 8 heteroatoms. The number of benzene rings is 1. The third-order valence-electron chi connectivity index (χ3n) is 4.75. The van der Waals surface area contributed by atoms with E-state index in [1.54, 1.807) is 0 Å². The maximum atomic E-state index is 12.1. The number of aromatic carboxylic acids is 1. The molecule has 26 heavy (non-hydrogen) atoms. The van der Waals surface area contributed by atoms with E-state index >= 15 is 0 Å². The Bertz CT molecular complexity index is 843. The van der Waals surface area contributed by atoms with Crippen LogP contribution < -0.4 is 0 Å². The molecule has 1 saturated carbocycles. The van der Waals surface area contributed by atoms with Crippen molar-refractivity contribution in [1.82, 2.24) is 9.78 Å². The molecule has 4 rings (SSSR count). The van der Waals surface area contributed by atoms with Gasteiger partial charge >= 0.3 is 5.97 Å². The lowest BCUT2D eigenvalue weighted by Crippen LogP contribution is -1.99. The molecular weight excluding hydrogens is 385 g/mol. The largest absolute Gasteiger partial charge is 0.478 e. The Morgan fingerprint density at radius 1 is 1.23 bits per heavy atom. The van der Waals surface area contributed by atoms with Gasteiger partial charge in [-0.2, -0.15) is 5.10 Å². The number of aromatic nitrogens is 2. The molecule has 2 aliphatic carbocycles.